The van der Waals surface area contributed by atoms with Crippen molar-refractivity contribution in [1.82, 2.24) is 5.32 Å². The number of hydrogen-bond acceptors (Lipinski definition) is 6. The van der Waals surface area contributed by atoms with Crippen molar-refractivity contribution in [3.8, 4) is 0 Å². The van der Waals surface area contributed by atoms with Crippen molar-refractivity contribution < 1.29 is 23.9 Å². The van der Waals surface area contributed by atoms with E-state index in [1.165, 1.54) is 23.8 Å². The van der Waals surface area contributed by atoms with Gasteiger partial charge in [0, 0.05) is 37.0 Å². The standard InChI is InChI=1S/C23H26N2O5S/c1-3-16-4-6-18(7-5-16)25-13-17(12-22(25)28)23(29)30-14-20(27)21-9-8-19(31-21)10-11-24-15(2)26/h4-9,17H,3,10-14H2,1-2H3,(H,24,26). The molecule has 1 aliphatic rings. The molecular formula is C23H26N2O5S. The van der Waals surface area contributed by atoms with Crippen molar-refractivity contribution in [2.24, 2.45) is 5.92 Å². The summed E-state index contributed by atoms with van der Waals surface area (Å²) >= 11 is 1.32. The summed E-state index contributed by atoms with van der Waals surface area (Å²) in [5, 5.41) is 2.71. The van der Waals surface area contributed by atoms with Gasteiger partial charge in [-0.05, 0) is 42.7 Å². The summed E-state index contributed by atoms with van der Waals surface area (Å²) in [6.45, 7) is 3.93. The van der Waals surface area contributed by atoms with Gasteiger partial charge >= 0.3 is 5.97 Å². The minimum atomic E-state index is -0.581. The summed E-state index contributed by atoms with van der Waals surface area (Å²) in [5.74, 6) is -1.61. The van der Waals surface area contributed by atoms with Crippen molar-refractivity contribution in [2.75, 3.05) is 24.6 Å². The van der Waals surface area contributed by atoms with E-state index in [-0.39, 0.29) is 37.2 Å². The van der Waals surface area contributed by atoms with Crippen LogP contribution in [0.25, 0.3) is 0 Å². The minimum absolute atomic E-state index is 0.0782. The summed E-state index contributed by atoms with van der Waals surface area (Å²) in [6.07, 6.45) is 1.63. The van der Waals surface area contributed by atoms with Crippen molar-refractivity contribution in [3.05, 3.63) is 51.7 Å². The molecule has 31 heavy (non-hydrogen) atoms. The van der Waals surface area contributed by atoms with Gasteiger partial charge in [0.1, 0.15) is 0 Å². The van der Waals surface area contributed by atoms with Gasteiger partial charge in [-0.15, -0.1) is 11.3 Å². The highest BCUT2D eigenvalue weighted by atomic mass is 32.1. The Balaban J connectivity index is 1.49. The average molecular weight is 443 g/mol. The molecule has 1 aliphatic heterocycles. The van der Waals surface area contributed by atoms with Crippen molar-refractivity contribution in [2.45, 2.75) is 33.1 Å². The van der Waals surface area contributed by atoms with E-state index >= 15 is 0 Å². The molecule has 7 nitrogen and oxygen atoms in total. The number of esters is 1. The smallest absolute Gasteiger partial charge is 0.311 e. The highest BCUT2D eigenvalue weighted by Gasteiger charge is 2.36. The van der Waals surface area contributed by atoms with Crippen LogP contribution in [0.4, 0.5) is 5.69 Å². The number of nitrogens with one attached hydrogen (secondary N) is 1. The van der Waals surface area contributed by atoms with Crippen LogP contribution >= 0.6 is 11.3 Å². The molecule has 1 fully saturated rings. The normalized spacial score (nSPS) is 15.7. The SMILES string of the molecule is CCc1ccc(N2CC(C(=O)OCC(=O)c3ccc(CCNC(C)=O)s3)CC2=O)cc1. The molecule has 1 unspecified atom stereocenters. The van der Waals surface area contributed by atoms with E-state index in [1.54, 1.807) is 11.0 Å². The Morgan fingerprint density at radius 2 is 1.90 bits per heavy atom. The average Bonchev–Trinajstić information content (AvgIpc) is 3.38. The quantitative estimate of drug-likeness (QED) is 0.476. The highest BCUT2D eigenvalue weighted by molar-refractivity contribution is 7.14. The summed E-state index contributed by atoms with van der Waals surface area (Å²) in [5.41, 5.74) is 1.94. The zero-order valence-corrected chi connectivity index (χ0v) is 18.5. The molecule has 2 heterocycles. The first kappa shape index (κ1) is 22.7. The number of anilines is 1. The third kappa shape index (κ3) is 6.01. The monoisotopic (exact) mass is 442 g/mol. The number of Topliss-reactive ketones (excluding diaryl/α,β-unsaturated/α-hetero) is 1. The molecule has 1 aromatic heterocycles. The number of hydrogen-bond donors (Lipinski definition) is 1. The van der Waals surface area contributed by atoms with Gasteiger partial charge in [-0.25, -0.2) is 0 Å². The number of thiophene rings is 1. The summed E-state index contributed by atoms with van der Waals surface area (Å²) < 4.78 is 5.22. The molecule has 0 saturated carbocycles. The zero-order chi connectivity index (χ0) is 22.4. The van der Waals surface area contributed by atoms with Crippen LogP contribution in [0.2, 0.25) is 0 Å². The predicted molar refractivity (Wildman–Crippen MR) is 118 cm³/mol. The van der Waals surface area contributed by atoms with Crippen molar-refractivity contribution >= 4 is 40.6 Å². The number of nitrogens with zero attached hydrogens (tertiary/aromatic N) is 1. The number of ether oxygens (including phenoxy) is 1. The minimum Gasteiger partial charge on any atom is -0.457 e. The van der Waals surface area contributed by atoms with Gasteiger partial charge in [0.25, 0.3) is 0 Å². The molecule has 1 aromatic carbocycles. The molecule has 0 spiro atoms. The number of carbonyl (C=O) groups is 4. The van der Waals surface area contributed by atoms with Gasteiger partial charge in [-0.1, -0.05) is 19.1 Å². The number of rotatable bonds is 9. The van der Waals surface area contributed by atoms with Gasteiger partial charge < -0.3 is 15.0 Å². The molecule has 1 atom stereocenters. The van der Waals surface area contributed by atoms with Gasteiger partial charge in [0.15, 0.2) is 6.61 Å². The lowest BCUT2D eigenvalue weighted by molar-refractivity contribution is -0.147. The highest BCUT2D eigenvalue weighted by Crippen LogP contribution is 2.26. The van der Waals surface area contributed by atoms with Crippen LogP contribution in [-0.2, 0) is 32.0 Å². The van der Waals surface area contributed by atoms with Gasteiger partial charge in [0.05, 0.1) is 10.8 Å². The van der Waals surface area contributed by atoms with E-state index in [1.807, 2.05) is 30.3 Å². The van der Waals surface area contributed by atoms with Gasteiger partial charge in [-0.2, -0.15) is 0 Å². The van der Waals surface area contributed by atoms with Crippen LogP contribution in [0.15, 0.2) is 36.4 Å². The molecular weight excluding hydrogens is 416 g/mol. The fourth-order valence-electron chi connectivity index (χ4n) is 3.38. The number of carbonyl (C=O) groups excluding carboxylic acids is 4. The first-order chi connectivity index (χ1) is 14.9. The van der Waals surface area contributed by atoms with Crippen LogP contribution < -0.4 is 10.2 Å². The predicted octanol–water partition coefficient (Wildman–Crippen LogP) is 2.77. The van der Waals surface area contributed by atoms with Crippen molar-refractivity contribution in [1.29, 1.82) is 0 Å². The lowest BCUT2D eigenvalue weighted by atomic mass is 10.1. The maximum atomic E-state index is 12.4. The Hall–Kier alpha value is -3.00. The molecule has 0 radical (unpaired) electrons. The largest absolute Gasteiger partial charge is 0.457 e. The third-order valence-corrected chi connectivity index (χ3v) is 6.33. The van der Waals surface area contributed by atoms with E-state index < -0.39 is 11.9 Å². The molecule has 1 saturated heterocycles. The first-order valence-corrected chi connectivity index (χ1v) is 11.1. The zero-order valence-electron chi connectivity index (χ0n) is 17.7. The van der Waals surface area contributed by atoms with E-state index in [2.05, 4.69) is 12.2 Å². The Bertz CT molecular complexity index is 967. The first-order valence-electron chi connectivity index (χ1n) is 10.3. The van der Waals surface area contributed by atoms with Crippen LogP contribution in [0.1, 0.15) is 40.4 Å². The fourth-order valence-corrected chi connectivity index (χ4v) is 4.31. The summed E-state index contributed by atoms with van der Waals surface area (Å²) in [4.78, 5) is 51.1. The van der Waals surface area contributed by atoms with Crippen LogP contribution in [-0.4, -0.2) is 43.3 Å². The second-order valence-electron chi connectivity index (χ2n) is 7.46. The summed E-state index contributed by atoms with van der Waals surface area (Å²) in [6, 6.07) is 11.2. The number of amides is 2. The maximum Gasteiger partial charge on any atom is 0.311 e. The van der Waals surface area contributed by atoms with Gasteiger partial charge in [0.2, 0.25) is 17.6 Å². The fraction of sp³-hybridized carbons (Fsp3) is 0.391. The second kappa shape index (κ2) is 10.3. The lowest BCUT2D eigenvalue weighted by Gasteiger charge is -2.16. The van der Waals surface area contributed by atoms with Crippen LogP contribution in [0.3, 0.4) is 0 Å². The van der Waals surface area contributed by atoms with E-state index in [4.69, 9.17) is 4.74 Å². The molecule has 2 amide bonds. The molecule has 1 N–H and O–H groups in total. The number of benzene rings is 1. The Labute approximate surface area is 185 Å². The van der Waals surface area contributed by atoms with E-state index in [0.29, 0.717) is 17.8 Å². The molecule has 0 aliphatic carbocycles. The van der Waals surface area contributed by atoms with Crippen molar-refractivity contribution in [3.63, 3.8) is 0 Å². The molecule has 0 bridgehead atoms. The third-order valence-electron chi connectivity index (χ3n) is 5.14. The number of ketones is 1. The Morgan fingerprint density at radius 1 is 1.16 bits per heavy atom. The molecule has 3 rings (SSSR count). The summed E-state index contributed by atoms with van der Waals surface area (Å²) in [7, 11) is 0. The Morgan fingerprint density at radius 3 is 2.58 bits per heavy atom. The molecule has 2 aromatic rings. The van der Waals surface area contributed by atoms with Crippen LogP contribution in [0.5, 0.6) is 0 Å². The second-order valence-corrected chi connectivity index (χ2v) is 8.62. The topological polar surface area (TPSA) is 92.8 Å². The molecule has 8 heteroatoms. The molecule has 164 valence electrons. The Kier molecular flexibility index (Phi) is 7.57. The number of aryl methyl sites for hydroxylation is 1. The van der Waals surface area contributed by atoms with Gasteiger partial charge in [-0.3, -0.25) is 19.2 Å². The lowest BCUT2D eigenvalue weighted by Crippen LogP contribution is -2.27. The van der Waals surface area contributed by atoms with Crippen LogP contribution in [0, 0.1) is 5.92 Å². The van der Waals surface area contributed by atoms with E-state index in [9.17, 15) is 19.2 Å². The van der Waals surface area contributed by atoms with E-state index in [0.717, 1.165) is 17.0 Å². The maximum absolute atomic E-state index is 12.4.